The van der Waals surface area contributed by atoms with Gasteiger partial charge in [-0.3, -0.25) is 0 Å². The van der Waals surface area contributed by atoms with E-state index >= 15 is 0 Å². The molecule has 0 saturated heterocycles. The second kappa shape index (κ2) is 5.97. The average molecular weight is 377 g/mol. The van der Waals surface area contributed by atoms with Gasteiger partial charge in [0.2, 0.25) is 0 Å². The van der Waals surface area contributed by atoms with Gasteiger partial charge in [0.05, 0.1) is 13.2 Å². The number of aryl methyl sites for hydroxylation is 1. The topological polar surface area (TPSA) is 14.2 Å². The summed E-state index contributed by atoms with van der Waals surface area (Å²) in [7, 11) is 2.09. The zero-order chi connectivity index (χ0) is 13.9. The van der Waals surface area contributed by atoms with Crippen LogP contribution in [0.3, 0.4) is 0 Å². The van der Waals surface area contributed by atoms with Gasteiger partial charge in [0, 0.05) is 21.8 Å². The van der Waals surface area contributed by atoms with E-state index in [-0.39, 0.29) is 0 Å². The maximum atomic E-state index is 5.87. The number of aromatic nitrogens is 1. The van der Waals surface area contributed by atoms with Crippen LogP contribution in [0.4, 0.5) is 0 Å². The lowest BCUT2D eigenvalue weighted by molar-refractivity contribution is 0.102. The fraction of sp³-hybridized carbons (Fsp3) is 0.176. The lowest BCUT2D eigenvalue weighted by Gasteiger charge is -2.07. The summed E-state index contributed by atoms with van der Waals surface area (Å²) in [6, 6.07) is 18.9. The second-order valence-electron chi connectivity index (χ2n) is 4.84. The van der Waals surface area contributed by atoms with Crippen molar-refractivity contribution in [2.45, 2.75) is 13.2 Å². The normalized spacial score (nSPS) is 11.1. The highest BCUT2D eigenvalue weighted by molar-refractivity contribution is 14.1. The molecule has 0 N–H and O–H groups in total. The fourth-order valence-electron chi connectivity index (χ4n) is 2.37. The Morgan fingerprint density at radius 3 is 2.55 bits per heavy atom. The first kappa shape index (κ1) is 13.6. The van der Waals surface area contributed by atoms with E-state index in [2.05, 4.69) is 88.8 Å². The van der Waals surface area contributed by atoms with E-state index in [4.69, 9.17) is 4.74 Å². The Kier molecular flexibility index (Phi) is 4.08. The van der Waals surface area contributed by atoms with Gasteiger partial charge in [-0.15, -0.1) is 0 Å². The molecule has 0 aliphatic rings. The number of hydrogen-bond acceptors (Lipinski definition) is 1. The Hall–Kier alpha value is -1.33. The van der Waals surface area contributed by atoms with E-state index in [0.29, 0.717) is 13.2 Å². The molecule has 0 bridgehead atoms. The molecular formula is C17H16INO. The summed E-state index contributed by atoms with van der Waals surface area (Å²) in [4.78, 5) is 0. The zero-order valence-corrected chi connectivity index (χ0v) is 13.5. The van der Waals surface area contributed by atoms with Gasteiger partial charge in [-0.05, 0) is 51.7 Å². The van der Waals surface area contributed by atoms with E-state index in [0.717, 1.165) is 0 Å². The Morgan fingerprint density at radius 2 is 1.75 bits per heavy atom. The van der Waals surface area contributed by atoms with E-state index < -0.39 is 0 Å². The summed E-state index contributed by atoms with van der Waals surface area (Å²) >= 11 is 2.35. The maximum Gasteiger partial charge on any atom is 0.0872 e. The van der Waals surface area contributed by atoms with Crippen LogP contribution in [0, 0.1) is 3.57 Å². The van der Waals surface area contributed by atoms with Gasteiger partial charge in [0.25, 0.3) is 0 Å². The zero-order valence-electron chi connectivity index (χ0n) is 11.3. The van der Waals surface area contributed by atoms with Gasteiger partial charge in [-0.2, -0.15) is 0 Å². The highest BCUT2D eigenvalue weighted by Gasteiger charge is 2.05. The third kappa shape index (κ3) is 2.74. The quantitative estimate of drug-likeness (QED) is 0.611. The number of halogens is 1. The molecule has 0 spiro atoms. The van der Waals surface area contributed by atoms with Crippen LogP contribution in [-0.4, -0.2) is 4.57 Å². The first-order valence-electron chi connectivity index (χ1n) is 6.60. The predicted molar refractivity (Wildman–Crippen MR) is 90.6 cm³/mol. The van der Waals surface area contributed by atoms with Crippen molar-refractivity contribution >= 4 is 33.5 Å². The molecule has 3 aromatic rings. The van der Waals surface area contributed by atoms with Crippen molar-refractivity contribution in [3.8, 4) is 0 Å². The molecule has 0 fully saturated rings. The molecule has 2 nitrogen and oxygen atoms in total. The van der Waals surface area contributed by atoms with Crippen LogP contribution >= 0.6 is 22.6 Å². The monoisotopic (exact) mass is 377 g/mol. The van der Waals surface area contributed by atoms with Gasteiger partial charge in [-0.25, -0.2) is 0 Å². The number of rotatable bonds is 4. The molecule has 1 aromatic heterocycles. The lowest BCUT2D eigenvalue weighted by atomic mass is 10.2. The fourth-order valence-corrected chi connectivity index (χ4v) is 2.91. The molecule has 1 heterocycles. The molecule has 0 aliphatic heterocycles. The Morgan fingerprint density at radius 1 is 1.00 bits per heavy atom. The van der Waals surface area contributed by atoms with Crippen molar-refractivity contribution in [1.29, 1.82) is 0 Å². The Labute approximate surface area is 132 Å². The van der Waals surface area contributed by atoms with Crippen molar-refractivity contribution < 1.29 is 4.74 Å². The molecular weight excluding hydrogens is 361 g/mol. The van der Waals surface area contributed by atoms with Crippen molar-refractivity contribution in [1.82, 2.24) is 4.57 Å². The van der Waals surface area contributed by atoms with Crippen LogP contribution in [0.2, 0.25) is 0 Å². The average Bonchev–Trinajstić information content (AvgIpc) is 2.78. The van der Waals surface area contributed by atoms with Crippen LogP contribution in [0.5, 0.6) is 0 Å². The summed E-state index contributed by atoms with van der Waals surface area (Å²) in [5.74, 6) is 0. The molecule has 2 aromatic carbocycles. The molecule has 0 aliphatic carbocycles. The standard InChI is InChI=1S/C17H16INO/c1-19-15(10-13-6-3-5-9-17(13)19)12-20-11-14-7-2-4-8-16(14)18/h2-10H,11-12H2,1H3. The first-order chi connectivity index (χ1) is 9.75. The lowest BCUT2D eigenvalue weighted by Crippen LogP contribution is -2.00. The van der Waals surface area contributed by atoms with Crippen molar-refractivity contribution in [3.05, 3.63) is 69.4 Å². The van der Waals surface area contributed by atoms with Crippen LogP contribution in [0.15, 0.2) is 54.6 Å². The van der Waals surface area contributed by atoms with Gasteiger partial charge < -0.3 is 9.30 Å². The number of ether oxygens (including phenoxy) is 1. The van der Waals surface area contributed by atoms with Gasteiger partial charge in [0.15, 0.2) is 0 Å². The minimum Gasteiger partial charge on any atom is -0.371 e. The SMILES string of the molecule is Cn1c(COCc2ccccc2I)cc2ccccc21. The van der Waals surface area contributed by atoms with Crippen LogP contribution < -0.4 is 0 Å². The number of fused-ring (bicyclic) bond motifs is 1. The first-order valence-corrected chi connectivity index (χ1v) is 7.68. The summed E-state index contributed by atoms with van der Waals surface area (Å²) in [5.41, 5.74) is 3.70. The number of benzene rings is 2. The minimum atomic E-state index is 0.635. The molecule has 0 unspecified atom stereocenters. The summed E-state index contributed by atoms with van der Waals surface area (Å²) in [5, 5.41) is 1.27. The third-order valence-electron chi connectivity index (χ3n) is 3.52. The number of hydrogen-bond donors (Lipinski definition) is 0. The summed E-state index contributed by atoms with van der Waals surface area (Å²) in [6.45, 7) is 1.29. The molecule has 102 valence electrons. The smallest absolute Gasteiger partial charge is 0.0872 e. The van der Waals surface area contributed by atoms with Gasteiger partial charge >= 0.3 is 0 Å². The van der Waals surface area contributed by atoms with E-state index in [9.17, 15) is 0 Å². The van der Waals surface area contributed by atoms with Crippen LogP contribution in [-0.2, 0) is 25.0 Å². The molecule has 0 radical (unpaired) electrons. The van der Waals surface area contributed by atoms with Crippen molar-refractivity contribution in [2.24, 2.45) is 7.05 Å². The van der Waals surface area contributed by atoms with E-state index in [1.54, 1.807) is 0 Å². The third-order valence-corrected chi connectivity index (χ3v) is 4.57. The summed E-state index contributed by atoms with van der Waals surface area (Å²) in [6.07, 6.45) is 0. The molecule has 0 saturated carbocycles. The molecule has 3 heteroatoms. The number of para-hydroxylation sites is 1. The predicted octanol–water partition coefficient (Wildman–Crippen LogP) is 4.50. The number of nitrogens with zero attached hydrogens (tertiary/aromatic N) is 1. The van der Waals surface area contributed by atoms with Gasteiger partial charge in [-0.1, -0.05) is 36.4 Å². The van der Waals surface area contributed by atoms with Crippen molar-refractivity contribution in [2.75, 3.05) is 0 Å². The van der Waals surface area contributed by atoms with E-state index in [1.165, 1.54) is 25.7 Å². The summed E-state index contributed by atoms with van der Waals surface area (Å²) < 4.78 is 9.32. The largest absolute Gasteiger partial charge is 0.371 e. The minimum absolute atomic E-state index is 0.635. The highest BCUT2D eigenvalue weighted by atomic mass is 127. The molecule has 20 heavy (non-hydrogen) atoms. The molecule has 0 amide bonds. The molecule has 3 rings (SSSR count). The van der Waals surface area contributed by atoms with Crippen LogP contribution in [0.1, 0.15) is 11.3 Å². The van der Waals surface area contributed by atoms with Crippen LogP contribution in [0.25, 0.3) is 10.9 Å². The molecule has 0 atom stereocenters. The van der Waals surface area contributed by atoms with Gasteiger partial charge in [0.1, 0.15) is 0 Å². The highest BCUT2D eigenvalue weighted by Crippen LogP contribution is 2.19. The Bertz CT molecular complexity index is 733. The van der Waals surface area contributed by atoms with Crippen molar-refractivity contribution in [3.63, 3.8) is 0 Å². The second-order valence-corrected chi connectivity index (χ2v) is 6.00. The maximum absolute atomic E-state index is 5.87. The van der Waals surface area contributed by atoms with E-state index in [1.807, 2.05) is 0 Å². The Balaban J connectivity index is 1.71.